The molecule has 0 saturated heterocycles. The van der Waals surface area contributed by atoms with Crippen LogP contribution in [0.1, 0.15) is 31.4 Å². The maximum atomic E-state index is 13.5. The third kappa shape index (κ3) is 7.57. The van der Waals surface area contributed by atoms with Gasteiger partial charge in [0.2, 0.25) is 21.8 Å². The summed E-state index contributed by atoms with van der Waals surface area (Å²) in [5.74, 6) is -0.665. The number of likely N-dealkylation sites (N-methyl/N-ethyl adjacent to an activating group) is 1. The van der Waals surface area contributed by atoms with Crippen LogP contribution >= 0.6 is 15.9 Å². The lowest BCUT2D eigenvalue weighted by molar-refractivity contribution is -0.139. The third-order valence-corrected chi connectivity index (χ3v) is 7.36. The van der Waals surface area contributed by atoms with Crippen molar-refractivity contribution in [2.75, 3.05) is 30.2 Å². The molecule has 7 nitrogen and oxygen atoms in total. The van der Waals surface area contributed by atoms with E-state index in [4.69, 9.17) is 0 Å². The third-order valence-electron chi connectivity index (χ3n) is 5.33. The van der Waals surface area contributed by atoms with E-state index < -0.39 is 22.0 Å². The molecule has 1 atom stereocenters. The van der Waals surface area contributed by atoms with Gasteiger partial charge in [-0.05, 0) is 56.0 Å². The van der Waals surface area contributed by atoms with Crippen molar-refractivity contribution < 1.29 is 18.0 Å². The molecule has 0 aromatic heterocycles. The summed E-state index contributed by atoms with van der Waals surface area (Å²) in [4.78, 5) is 27.7. The molecule has 0 aliphatic carbocycles. The lowest BCUT2D eigenvalue weighted by Gasteiger charge is -2.32. The zero-order valence-corrected chi connectivity index (χ0v) is 21.9. The fourth-order valence-electron chi connectivity index (χ4n) is 3.59. The van der Waals surface area contributed by atoms with E-state index in [1.807, 2.05) is 51.1 Å². The Morgan fingerprint density at radius 1 is 1.09 bits per heavy atom. The summed E-state index contributed by atoms with van der Waals surface area (Å²) in [5.41, 5.74) is 2.29. The number of carbonyl (C=O) groups excluding carboxylic acids is 2. The zero-order valence-electron chi connectivity index (χ0n) is 19.5. The number of nitrogens with one attached hydrogen (secondary N) is 1. The van der Waals surface area contributed by atoms with Crippen LogP contribution in [0, 0.1) is 6.92 Å². The van der Waals surface area contributed by atoms with Crippen LogP contribution in [-0.4, -0.2) is 57.1 Å². The standard InChI is InChI=1S/C24H32BrN3O4S/c1-5-22(24(30)26-6-2)27(15-14-19-10-8-7-9-11-19)23(29)17-28(33(4,31)32)20-12-13-21(25)18(3)16-20/h7-13,16,22H,5-6,14-15,17H2,1-4H3,(H,26,30)/t22-/m0/s1. The van der Waals surface area contributed by atoms with Crippen LogP contribution in [0.5, 0.6) is 0 Å². The number of nitrogens with zero attached hydrogens (tertiary/aromatic N) is 2. The molecular weight excluding hydrogens is 506 g/mol. The Balaban J connectivity index is 2.36. The highest BCUT2D eigenvalue weighted by molar-refractivity contribution is 9.10. The summed E-state index contributed by atoms with van der Waals surface area (Å²) in [5, 5.41) is 2.79. The minimum absolute atomic E-state index is 0.244. The Kier molecular flexibility index (Phi) is 9.91. The minimum atomic E-state index is -3.74. The van der Waals surface area contributed by atoms with Gasteiger partial charge in [-0.15, -0.1) is 0 Å². The number of anilines is 1. The van der Waals surface area contributed by atoms with Crippen LogP contribution in [0.15, 0.2) is 53.0 Å². The number of hydrogen-bond donors (Lipinski definition) is 1. The second kappa shape index (κ2) is 12.2. The average molecular weight is 539 g/mol. The van der Waals surface area contributed by atoms with Crippen molar-refractivity contribution in [1.29, 1.82) is 0 Å². The number of sulfonamides is 1. The molecule has 2 amide bonds. The molecule has 33 heavy (non-hydrogen) atoms. The monoisotopic (exact) mass is 537 g/mol. The molecule has 0 unspecified atom stereocenters. The predicted octanol–water partition coefficient (Wildman–Crippen LogP) is 3.51. The van der Waals surface area contributed by atoms with E-state index in [0.29, 0.717) is 31.6 Å². The Labute approximate surface area is 205 Å². The van der Waals surface area contributed by atoms with E-state index in [9.17, 15) is 18.0 Å². The van der Waals surface area contributed by atoms with E-state index in [2.05, 4.69) is 21.2 Å². The SMILES string of the molecule is CCNC(=O)[C@H](CC)N(CCc1ccccc1)C(=O)CN(c1ccc(Br)c(C)c1)S(C)(=O)=O. The van der Waals surface area contributed by atoms with E-state index in [-0.39, 0.29) is 12.5 Å². The maximum Gasteiger partial charge on any atom is 0.244 e. The largest absolute Gasteiger partial charge is 0.355 e. The second-order valence-corrected chi connectivity index (χ2v) is 10.6. The topological polar surface area (TPSA) is 86.8 Å². The molecule has 2 aromatic rings. The highest BCUT2D eigenvalue weighted by Crippen LogP contribution is 2.25. The second-order valence-electron chi connectivity index (χ2n) is 7.84. The molecule has 2 aromatic carbocycles. The maximum absolute atomic E-state index is 13.5. The van der Waals surface area contributed by atoms with Crippen molar-refractivity contribution in [2.24, 2.45) is 0 Å². The van der Waals surface area contributed by atoms with Gasteiger partial charge in [0.1, 0.15) is 12.6 Å². The van der Waals surface area contributed by atoms with E-state index in [1.165, 1.54) is 4.90 Å². The molecule has 1 N–H and O–H groups in total. The number of hydrogen-bond acceptors (Lipinski definition) is 4. The van der Waals surface area contributed by atoms with Gasteiger partial charge in [0, 0.05) is 17.6 Å². The van der Waals surface area contributed by atoms with Crippen molar-refractivity contribution >= 4 is 43.5 Å². The van der Waals surface area contributed by atoms with E-state index in [1.54, 1.807) is 18.2 Å². The van der Waals surface area contributed by atoms with Crippen LogP contribution in [-0.2, 0) is 26.0 Å². The summed E-state index contributed by atoms with van der Waals surface area (Å²) in [6, 6.07) is 14.1. The van der Waals surface area contributed by atoms with Crippen LogP contribution in [0.3, 0.4) is 0 Å². The smallest absolute Gasteiger partial charge is 0.244 e. The Morgan fingerprint density at radius 3 is 2.30 bits per heavy atom. The number of carbonyl (C=O) groups is 2. The summed E-state index contributed by atoms with van der Waals surface area (Å²) in [6.45, 7) is 5.88. The van der Waals surface area contributed by atoms with Crippen molar-refractivity contribution in [2.45, 2.75) is 39.7 Å². The van der Waals surface area contributed by atoms with Gasteiger partial charge < -0.3 is 10.2 Å². The highest BCUT2D eigenvalue weighted by atomic mass is 79.9. The number of rotatable bonds is 11. The number of halogens is 1. The molecule has 0 spiro atoms. The van der Waals surface area contributed by atoms with Crippen LogP contribution in [0.4, 0.5) is 5.69 Å². The predicted molar refractivity (Wildman–Crippen MR) is 136 cm³/mol. The van der Waals surface area contributed by atoms with Gasteiger partial charge in [0.05, 0.1) is 11.9 Å². The van der Waals surface area contributed by atoms with Gasteiger partial charge in [-0.2, -0.15) is 0 Å². The quantitative estimate of drug-likeness (QED) is 0.475. The summed E-state index contributed by atoms with van der Waals surface area (Å²) >= 11 is 3.42. The lowest BCUT2D eigenvalue weighted by atomic mass is 10.1. The van der Waals surface area contributed by atoms with Crippen LogP contribution < -0.4 is 9.62 Å². The first-order valence-corrected chi connectivity index (χ1v) is 13.6. The van der Waals surface area contributed by atoms with Crippen LogP contribution in [0.2, 0.25) is 0 Å². The van der Waals surface area contributed by atoms with Crippen molar-refractivity contribution in [3.8, 4) is 0 Å². The number of benzene rings is 2. The van der Waals surface area contributed by atoms with Gasteiger partial charge in [0.25, 0.3) is 0 Å². The molecule has 0 saturated carbocycles. The normalized spacial score (nSPS) is 12.2. The zero-order chi connectivity index (χ0) is 24.6. The minimum Gasteiger partial charge on any atom is -0.355 e. The molecule has 0 fully saturated rings. The summed E-state index contributed by atoms with van der Waals surface area (Å²) < 4.78 is 27.1. The van der Waals surface area contributed by atoms with E-state index in [0.717, 1.165) is 26.2 Å². The molecule has 9 heteroatoms. The first kappa shape index (κ1) is 26.9. The summed E-state index contributed by atoms with van der Waals surface area (Å²) in [6.07, 6.45) is 2.05. The van der Waals surface area contributed by atoms with E-state index >= 15 is 0 Å². The Morgan fingerprint density at radius 2 is 1.76 bits per heavy atom. The Bertz CT molecular complexity index is 1060. The number of aryl methyl sites for hydroxylation is 1. The average Bonchev–Trinajstić information content (AvgIpc) is 2.76. The van der Waals surface area contributed by atoms with Crippen molar-refractivity contribution in [1.82, 2.24) is 10.2 Å². The molecule has 0 aliphatic heterocycles. The molecule has 0 aliphatic rings. The highest BCUT2D eigenvalue weighted by Gasteiger charge is 2.31. The lowest BCUT2D eigenvalue weighted by Crippen LogP contribution is -2.53. The van der Waals surface area contributed by atoms with Gasteiger partial charge >= 0.3 is 0 Å². The molecular formula is C24H32BrN3O4S. The van der Waals surface area contributed by atoms with Crippen LogP contribution in [0.25, 0.3) is 0 Å². The molecule has 0 bridgehead atoms. The Hall–Kier alpha value is -2.39. The van der Waals surface area contributed by atoms with Gasteiger partial charge in [-0.1, -0.05) is 53.2 Å². The molecule has 0 radical (unpaired) electrons. The van der Waals surface area contributed by atoms with Gasteiger partial charge in [-0.3, -0.25) is 13.9 Å². The van der Waals surface area contributed by atoms with Crippen molar-refractivity contribution in [3.05, 3.63) is 64.1 Å². The molecule has 2 rings (SSSR count). The van der Waals surface area contributed by atoms with Gasteiger partial charge in [-0.25, -0.2) is 8.42 Å². The first-order valence-electron chi connectivity index (χ1n) is 10.9. The first-order chi connectivity index (χ1) is 15.6. The fraction of sp³-hybridized carbons (Fsp3) is 0.417. The molecule has 180 valence electrons. The summed E-state index contributed by atoms with van der Waals surface area (Å²) in [7, 11) is -3.74. The van der Waals surface area contributed by atoms with Gasteiger partial charge in [0.15, 0.2) is 0 Å². The van der Waals surface area contributed by atoms with Crippen molar-refractivity contribution in [3.63, 3.8) is 0 Å². The fourth-order valence-corrected chi connectivity index (χ4v) is 4.67. The molecule has 0 heterocycles. The number of amides is 2.